The van der Waals surface area contributed by atoms with E-state index < -0.39 is 5.41 Å². The largest absolute Gasteiger partial charge is 0.299 e. The highest BCUT2D eigenvalue weighted by molar-refractivity contribution is 9.10. The van der Waals surface area contributed by atoms with Crippen LogP contribution in [0.25, 0.3) is 0 Å². The number of amides is 2. The first-order chi connectivity index (χ1) is 13.6. The Morgan fingerprint density at radius 1 is 1.14 bits per heavy atom. The summed E-state index contributed by atoms with van der Waals surface area (Å²) in [6.07, 6.45) is 6.36. The van der Waals surface area contributed by atoms with Gasteiger partial charge in [0.1, 0.15) is 0 Å². The molecule has 0 radical (unpaired) electrons. The van der Waals surface area contributed by atoms with Gasteiger partial charge in [-0.05, 0) is 67.6 Å². The van der Waals surface area contributed by atoms with Crippen LogP contribution in [0, 0.1) is 5.92 Å². The second-order valence-electron chi connectivity index (χ2n) is 7.77. The molecule has 6 heteroatoms. The summed E-state index contributed by atoms with van der Waals surface area (Å²) in [7, 11) is 0. The highest BCUT2D eigenvalue weighted by Gasteiger charge is 2.50. The molecule has 146 valence electrons. The monoisotopic (exact) mass is 441 g/mol. The van der Waals surface area contributed by atoms with Crippen molar-refractivity contribution in [1.82, 2.24) is 15.2 Å². The van der Waals surface area contributed by atoms with E-state index in [4.69, 9.17) is 0 Å². The number of pyridine rings is 1. The maximum Gasteiger partial charge on any atom is 0.237 e. The van der Waals surface area contributed by atoms with Gasteiger partial charge < -0.3 is 0 Å². The van der Waals surface area contributed by atoms with Crippen LogP contribution in [0.3, 0.4) is 0 Å². The van der Waals surface area contributed by atoms with E-state index in [-0.39, 0.29) is 17.7 Å². The number of piperidine rings is 2. The fourth-order valence-electron chi connectivity index (χ4n) is 4.68. The Bertz CT molecular complexity index is 848. The van der Waals surface area contributed by atoms with Crippen LogP contribution in [0.5, 0.6) is 0 Å². The minimum Gasteiger partial charge on any atom is -0.299 e. The summed E-state index contributed by atoms with van der Waals surface area (Å²) >= 11 is 3.48. The molecule has 3 heterocycles. The van der Waals surface area contributed by atoms with E-state index in [1.54, 1.807) is 12.4 Å². The molecule has 2 aromatic rings. The number of nitrogens with one attached hydrogen (secondary N) is 1. The molecule has 0 bridgehead atoms. The first-order valence-electron chi connectivity index (χ1n) is 9.79. The second-order valence-corrected chi connectivity index (χ2v) is 8.68. The average molecular weight is 442 g/mol. The summed E-state index contributed by atoms with van der Waals surface area (Å²) in [4.78, 5) is 31.5. The van der Waals surface area contributed by atoms with Crippen molar-refractivity contribution in [1.29, 1.82) is 0 Å². The summed E-state index contributed by atoms with van der Waals surface area (Å²) in [6.45, 7) is 2.82. The number of rotatable bonds is 4. The van der Waals surface area contributed by atoms with Crippen LogP contribution >= 0.6 is 15.9 Å². The van der Waals surface area contributed by atoms with Gasteiger partial charge in [0.15, 0.2) is 0 Å². The van der Waals surface area contributed by atoms with Gasteiger partial charge in [-0.15, -0.1) is 0 Å². The second kappa shape index (κ2) is 8.13. The molecule has 2 amide bonds. The third-order valence-electron chi connectivity index (χ3n) is 6.19. The van der Waals surface area contributed by atoms with Crippen molar-refractivity contribution in [2.24, 2.45) is 5.92 Å². The number of hydrogen-bond acceptors (Lipinski definition) is 4. The molecule has 4 rings (SSSR count). The third kappa shape index (κ3) is 3.76. The van der Waals surface area contributed by atoms with E-state index in [0.29, 0.717) is 12.8 Å². The van der Waals surface area contributed by atoms with Gasteiger partial charge in [0.2, 0.25) is 11.8 Å². The number of aromatic nitrogens is 1. The fraction of sp³-hybridized carbons (Fsp3) is 0.409. The number of benzene rings is 1. The third-order valence-corrected chi connectivity index (χ3v) is 6.71. The normalized spacial score (nSPS) is 24.2. The number of halogens is 1. The molecule has 0 spiro atoms. The predicted octanol–water partition coefficient (Wildman–Crippen LogP) is 3.43. The Balaban J connectivity index is 1.51. The zero-order valence-corrected chi connectivity index (χ0v) is 17.3. The van der Waals surface area contributed by atoms with E-state index in [2.05, 4.69) is 55.4 Å². The molecule has 1 unspecified atom stereocenters. The smallest absolute Gasteiger partial charge is 0.237 e. The molecule has 1 aromatic heterocycles. The van der Waals surface area contributed by atoms with Crippen molar-refractivity contribution in [2.45, 2.75) is 37.6 Å². The van der Waals surface area contributed by atoms with Gasteiger partial charge in [-0.2, -0.15) is 0 Å². The molecule has 5 nitrogen and oxygen atoms in total. The molecule has 1 N–H and O–H groups in total. The van der Waals surface area contributed by atoms with E-state index in [0.717, 1.165) is 42.5 Å². The SMILES string of the molecule is O=C1CCC(c2cccnc2)(C2CCN(Cc3ccc(Br)cc3)CC2)C(=O)N1. The first kappa shape index (κ1) is 19.3. The molecule has 0 aliphatic carbocycles. The van der Waals surface area contributed by atoms with Crippen molar-refractivity contribution in [3.63, 3.8) is 0 Å². The lowest BCUT2D eigenvalue weighted by atomic mass is 9.62. The lowest BCUT2D eigenvalue weighted by Gasteiger charge is -2.45. The molecule has 2 aliphatic heterocycles. The lowest BCUT2D eigenvalue weighted by Crippen LogP contribution is -2.57. The van der Waals surface area contributed by atoms with Crippen LogP contribution < -0.4 is 5.32 Å². The average Bonchev–Trinajstić information content (AvgIpc) is 2.72. The molecule has 2 aliphatic rings. The maximum absolute atomic E-state index is 13.1. The Labute approximate surface area is 173 Å². The first-order valence-corrected chi connectivity index (χ1v) is 10.6. The number of carbonyl (C=O) groups is 2. The van der Waals surface area contributed by atoms with E-state index in [1.165, 1.54) is 5.56 Å². The number of likely N-dealkylation sites (tertiary alicyclic amines) is 1. The van der Waals surface area contributed by atoms with Crippen LogP contribution in [0.4, 0.5) is 0 Å². The Morgan fingerprint density at radius 2 is 1.89 bits per heavy atom. The van der Waals surface area contributed by atoms with Crippen LogP contribution in [0.2, 0.25) is 0 Å². The maximum atomic E-state index is 13.1. The van der Waals surface area contributed by atoms with E-state index in [1.807, 2.05) is 12.1 Å². The Kier molecular flexibility index (Phi) is 5.60. The standard InChI is InChI=1S/C22H24BrN3O2/c23-19-5-3-16(4-6-19)15-26-12-8-17(9-13-26)22(18-2-1-11-24-14-18)10-7-20(27)25-21(22)28/h1-6,11,14,17H,7-10,12-13,15H2,(H,25,27,28). The molecule has 1 atom stereocenters. The molecule has 2 saturated heterocycles. The van der Waals surface area contributed by atoms with Gasteiger partial charge in [0, 0.05) is 29.8 Å². The highest BCUT2D eigenvalue weighted by Crippen LogP contribution is 2.44. The summed E-state index contributed by atoms with van der Waals surface area (Å²) in [5, 5.41) is 2.60. The van der Waals surface area contributed by atoms with Crippen molar-refractivity contribution in [3.05, 3.63) is 64.4 Å². The fourth-order valence-corrected chi connectivity index (χ4v) is 4.95. The number of imide groups is 1. The predicted molar refractivity (Wildman–Crippen MR) is 110 cm³/mol. The summed E-state index contributed by atoms with van der Waals surface area (Å²) in [5.74, 6) is -0.105. The summed E-state index contributed by atoms with van der Waals surface area (Å²) in [6, 6.07) is 12.3. The van der Waals surface area contributed by atoms with Crippen molar-refractivity contribution in [2.75, 3.05) is 13.1 Å². The van der Waals surface area contributed by atoms with Crippen molar-refractivity contribution >= 4 is 27.7 Å². The molecule has 2 fully saturated rings. The van der Waals surface area contributed by atoms with E-state index in [9.17, 15) is 9.59 Å². The topological polar surface area (TPSA) is 62.3 Å². The van der Waals surface area contributed by atoms with Crippen molar-refractivity contribution < 1.29 is 9.59 Å². The van der Waals surface area contributed by atoms with Gasteiger partial charge in [-0.3, -0.25) is 24.8 Å². The summed E-state index contributed by atoms with van der Waals surface area (Å²) < 4.78 is 1.09. The van der Waals surface area contributed by atoms with Crippen LogP contribution in [0.1, 0.15) is 36.8 Å². The molecule has 1 aromatic carbocycles. The summed E-state index contributed by atoms with van der Waals surface area (Å²) in [5.41, 5.74) is 1.59. The van der Waals surface area contributed by atoms with Crippen molar-refractivity contribution in [3.8, 4) is 0 Å². The van der Waals surface area contributed by atoms with Gasteiger partial charge in [-0.1, -0.05) is 34.1 Å². The Morgan fingerprint density at radius 3 is 2.54 bits per heavy atom. The zero-order valence-electron chi connectivity index (χ0n) is 15.7. The van der Waals surface area contributed by atoms with E-state index >= 15 is 0 Å². The molecule has 28 heavy (non-hydrogen) atoms. The van der Waals surface area contributed by atoms with Crippen LogP contribution in [-0.2, 0) is 21.5 Å². The minimum absolute atomic E-state index is 0.150. The van der Waals surface area contributed by atoms with Crippen LogP contribution in [-0.4, -0.2) is 34.8 Å². The van der Waals surface area contributed by atoms with Crippen LogP contribution in [0.15, 0.2) is 53.3 Å². The minimum atomic E-state index is -0.647. The number of nitrogens with zero attached hydrogens (tertiary/aromatic N) is 2. The quantitative estimate of drug-likeness (QED) is 0.738. The molecule has 0 saturated carbocycles. The van der Waals surface area contributed by atoms with Gasteiger partial charge in [0.25, 0.3) is 0 Å². The van der Waals surface area contributed by atoms with Gasteiger partial charge in [0.05, 0.1) is 5.41 Å². The molecular weight excluding hydrogens is 418 g/mol. The van der Waals surface area contributed by atoms with Gasteiger partial charge in [-0.25, -0.2) is 0 Å². The Hall–Kier alpha value is -2.05. The van der Waals surface area contributed by atoms with Gasteiger partial charge >= 0.3 is 0 Å². The number of hydrogen-bond donors (Lipinski definition) is 1. The number of carbonyl (C=O) groups excluding carboxylic acids is 2. The molecular formula is C22H24BrN3O2. The highest BCUT2D eigenvalue weighted by atomic mass is 79.9. The zero-order chi connectivity index (χ0) is 19.6. The lowest BCUT2D eigenvalue weighted by molar-refractivity contribution is -0.140.